The zero-order valence-electron chi connectivity index (χ0n) is 21.8. The summed E-state index contributed by atoms with van der Waals surface area (Å²) in [5.74, 6) is -0.513. The highest BCUT2D eigenvalue weighted by Crippen LogP contribution is 2.34. The van der Waals surface area contributed by atoms with Gasteiger partial charge in [0.05, 0.1) is 5.56 Å². The Morgan fingerprint density at radius 1 is 0.973 bits per heavy atom. The van der Waals surface area contributed by atoms with Crippen LogP contribution in [-0.4, -0.2) is 29.8 Å². The van der Waals surface area contributed by atoms with Crippen molar-refractivity contribution in [2.45, 2.75) is 83.7 Å². The number of alkyl carbamates (subject to hydrolysis) is 1. The molecule has 5 nitrogen and oxygen atoms in total. The second-order valence-electron chi connectivity index (χ2n) is 10.8. The Morgan fingerprint density at radius 2 is 1.59 bits per heavy atom. The third-order valence-corrected chi connectivity index (χ3v) is 6.65. The van der Waals surface area contributed by atoms with Gasteiger partial charge in [0.2, 0.25) is 0 Å². The lowest BCUT2D eigenvalue weighted by molar-refractivity contribution is -0.154. The molecule has 4 atom stereocenters. The van der Waals surface area contributed by atoms with Crippen molar-refractivity contribution in [3.8, 4) is 0 Å². The number of carbonyl (C=O) groups is 2. The van der Waals surface area contributed by atoms with E-state index in [2.05, 4.69) is 5.32 Å². The minimum atomic E-state index is -4.38. The van der Waals surface area contributed by atoms with Gasteiger partial charge in [0.15, 0.2) is 0 Å². The summed E-state index contributed by atoms with van der Waals surface area (Å²) in [6.07, 6.45) is -2.56. The maximum Gasteiger partial charge on any atom is 0.416 e. The number of carbonyl (C=O) groups excluding carboxylic acids is 2. The van der Waals surface area contributed by atoms with Crippen LogP contribution >= 0.6 is 0 Å². The Hall–Kier alpha value is -3.03. The Balaban J connectivity index is 1.82. The number of ether oxygens (including phenoxy) is 2. The standard InChI is InChI=1S/C29H36F3NO4/c1-19-24(18-20-9-6-5-7-10-20)22(17-21-13-15-23(16-14-21)29(30,31)32)11-8-12-25(26(34)36-19)33-27(35)37-28(2,3)4/h5-7,9-10,13-16,19,22,24-25H,8,11-12,17-18H2,1-4H3,(H,33,35). The molecule has 1 heterocycles. The molecule has 2 aromatic rings. The number of hydrogen-bond acceptors (Lipinski definition) is 4. The number of halogens is 3. The monoisotopic (exact) mass is 519 g/mol. The average Bonchev–Trinajstić information content (AvgIpc) is 2.84. The topological polar surface area (TPSA) is 64.6 Å². The summed E-state index contributed by atoms with van der Waals surface area (Å²) in [6, 6.07) is 14.3. The molecular formula is C29H36F3NO4. The van der Waals surface area contributed by atoms with E-state index in [0.717, 1.165) is 29.7 Å². The molecule has 1 aliphatic rings. The van der Waals surface area contributed by atoms with Gasteiger partial charge in [-0.05, 0) is 82.6 Å². The number of rotatable bonds is 5. The van der Waals surface area contributed by atoms with E-state index in [9.17, 15) is 22.8 Å². The summed E-state index contributed by atoms with van der Waals surface area (Å²) in [6.45, 7) is 7.09. The van der Waals surface area contributed by atoms with Crippen molar-refractivity contribution in [2.75, 3.05) is 0 Å². The maximum absolute atomic E-state index is 13.0. The maximum atomic E-state index is 13.0. The molecule has 0 saturated carbocycles. The first-order valence-corrected chi connectivity index (χ1v) is 12.7. The minimum Gasteiger partial charge on any atom is -0.461 e. The third kappa shape index (κ3) is 8.79. The van der Waals surface area contributed by atoms with E-state index >= 15 is 0 Å². The molecular weight excluding hydrogens is 483 g/mol. The molecule has 0 aromatic heterocycles. The average molecular weight is 520 g/mol. The van der Waals surface area contributed by atoms with E-state index in [-0.39, 0.29) is 11.8 Å². The smallest absolute Gasteiger partial charge is 0.416 e. The molecule has 202 valence electrons. The predicted octanol–water partition coefficient (Wildman–Crippen LogP) is 6.73. The number of nitrogens with one attached hydrogen (secondary N) is 1. The first kappa shape index (κ1) is 28.5. The SMILES string of the molecule is CC1OC(=O)C(NC(=O)OC(C)(C)C)CCCC(Cc2ccc(C(F)(F)F)cc2)C1Cc1ccccc1. The predicted molar refractivity (Wildman–Crippen MR) is 135 cm³/mol. The lowest BCUT2D eigenvalue weighted by Gasteiger charge is -2.31. The van der Waals surface area contributed by atoms with Crippen LogP contribution in [0.2, 0.25) is 0 Å². The zero-order valence-corrected chi connectivity index (χ0v) is 21.8. The van der Waals surface area contributed by atoms with E-state index < -0.39 is 41.5 Å². The third-order valence-electron chi connectivity index (χ3n) is 6.65. The van der Waals surface area contributed by atoms with Crippen LogP contribution in [0.5, 0.6) is 0 Å². The van der Waals surface area contributed by atoms with Gasteiger partial charge in [0.1, 0.15) is 17.7 Å². The fourth-order valence-corrected chi connectivity index (χ4v) is 4.84. The van der Waals surface area contributed by atoms with Gasteiger partial charge in [-0.3, -0.25) is 0 Å². The van der Waals surface area contributed by atoms with Crippen LogP contribution in [0.1, 0.15) is 63.6 Å². The Bertz CT molecular complexity index is 1030. The van der Waals surface area contributed by atoms with Crippen molar-refractivity contribution in [1.29, 1.82) is 0 Å². The molecule has 4 unspecified atom stereocenters. The Kier molecular flexibility index (Phi) is 9.26. The van der Waals surface area contributed by atoms with E-state index in [4.69, 9.17) is 9.47 Å². The molecule has 37 heavy (non-hydrogen) atoms. The second kappa shape index (κ2) is 12.0. The van der Waals surface area contributed by atoms with Crippen LogP contribution in [0.3, 0.4) is 0 Å². The number of cyclic esters (lactones) is 1. The van der Waals surface area contributed by atoms with Gasteiger partial charge in [-0.25, -0.2) is 9.59 Å². The van der Waals surface area contributed by atoms with Crippen LogP contribution in [0.15, 0.2) is 54.6 Å². The summed E-state index contributed by atoms with van der Waals surface area (Å²) >= 11 is 0. The van der Waals surface area contributed by atoms with Crippen molar-refractivity contribution < 1.29 is 32.2 Å². The van der Waals surface area contributed by atoms with E-state index in [0.29, 0.717) is 25.7 Å². The van der Waals surface area contributed by atoms with Gasteiger partial charge >= 0.3 is 18.2 Å². The van der Waals surface area contributed by atoms with Crippen molar-refractivity contribution in [3.63, 3.8) is 0 Å². The van der Waals surface area contributed by atoms with Gasteiger partial charge in [-0.1, -0.05) is 48.9 Å². The second-order valence-corrected chi connectivity index (χ2v) is 10.8. The molecule has 1 aliphatic heterocycles. The fraction of sp³-hybridized carbons (Fsp3) is 0.517. The Morgan fingerprint density at radius 3 is 2.19 bits per heavy atom. The normalized spacial score (nSPS) is 23.3. The van der Waals surface area contributed by atoms with Crippen LogP contribution in [0.4, 0.5) is 18.0 Å². The highest BCUT2D eigenvalue weighted by atomic mass is 19.4. The van der Waals surface area contributed by atoms with E-state index in [1.54, 1.807) is 20.8 Å². The highest BCUT2D eigenvalue weighted by molar-refractivity contribution is 5.81. The first-order valence-electron chi connectivity index (χ1n) is 12.7. The Labute approximate surface area is 216 Å². The number of alkyl halides is 3. The minimum absolute atomic E-state index is 0.0556. The summed E-state index contributed by atoms with van der Waals surface area (Å²) < 4.78 is 50.3. The summed E-state index contributed by atoms with van der Waals surface area (Å²) in [4.78, 5) is 25.4. The van der Waals surface area contributed by atoms with Crippen molar-refractivity contribution in [3.05, 3.63) is 71.3 Å². The number of hydrogen-bond donors (Lipinski definition) is 1. The van der Waals surface area contributed by atoms with Gasteiger partial charge < -0.3 is 14.8 Å². The molecule has 2 aromatic carbocycles. The number of esters is 1. The molecule has 1 N–H and O–H groups in total. The van der Waals surface area contributed by atoms with Gasteiger partial charge in [-0.15, -0.1) is 0 Å². The van der Waals surface area contributed by atoms with Crippen LogP contribution in [-0.2, 0) is 33.3 Å². The molecule has 0 bridgehead atoms. The van der Waals surface area contributed by atoms with E-state index in [1.165, 1.54) is 12.1 Å². The summed E-state index contributed by atoms with van der Waals surface area (Å²) in [5.41, 5.74) is 0.519. The largest absolute Gasteiger partial charge is 0.461 e. The van der Waals surface area contributed by atoms with Gasteiger partial charge in [0.25, 0.3) is 0 Å². The van der Waals surface area contributed by atoms with Crippen molar-refractivity contribution in [2.24, 2.45) is 11.8 Å². The molecule has 0 spiro atoms. The molecule has 1 saturated heterocycles. The van der Waals surface area contributed by atoms with Gasteiger partial charge in [-0.2, -0.15) is 13.2 Å². The molecule has 8 heteroatoms. The molecule has 1 amide bonds. The molecule has 3 rings (SSSR count). The van der Waals surface area contributed by atoms with E-state index in [1.807, 2.05) is 37.3 Å². The summed E-state index contributed by atoms with van der Waals surface area (Å²) in [7, 11) is 0. The van der Waals surface area contributed by atoms with Crippen LogP contribution in [0.25, 0.3) is 0 Å². The first-order chi connectivity index (χ1) is 17.3. The number of amides is 1. The highest BCUT2D eigenvalue weighted by Gasteiger charge is 2.35. The van der Waals surface area contributed by atoms with Gasteiger partial charge in [0, 0.05) is 5.92 Å². The van der Waals surface area contributed by atoms with Crippen molar-refractivity contribution in [1.82, 2.24) is 5.32 Å². The quantitative estimate of drug-likeness (QED) is 0.445. The molecule has 0 radical (unpaired) electrons. The van der Waals surface area contributed by atoms with Crippen LogP contribution in [0, 0.1) is 11.8 Å². The lowest BCUT2D eigenvalue weighted by atomic mass is 9.77. The fourth-order valence-electron chi connectivity index (χ4n) is 4.84. The van der Waals surface area contributed by atoms with Crippen molar-refractivity contribution >= 4 is 12.1 Å². The molecule has 0 aliphatic carbocycles. The summed E-state index contributed by atoms with van der Waals surface area (Å²) in [5, 5.41) is 2.65. The lowest BCUT2D eigenvalue weighted by Crippen LogP contribution is -2.45. The van der Waals surface area contributed by atoms with Crippen LogP contribution < -0.4 is 5.32 Å². The zero-order chi connectivity index (χ0) is 27.2. The number of benzene rings is 2. The molecule has 1 fully saturated rings.